The van der Waals surface area contributed by atoms with Crippen LogP contribution in [0.1, 0.15) is 31.8 Å². The van der Waals surface area contributed by atoms with E-state index in [4.69, 9.17) is 23.8 Å². The van der Waals surface area contributed by atoms with Gasteiger partial charge in [0, 0.05) is 5.69 Å². The monoisotopic (exact) mass is 732 g/mol. The molecule has 0 fully saturated rings. The Balaban J connectivity index is 0.952. The molecule has 0 saturated carbocycles. The number of aromatic carboxylic acids is 1. The lowest BCUT2D eigenvalue weighted by molar-refractivity contribution is -0.253. The number of carbonyl (C=O) groups excluding carboxylic acids is 1. The van der Waals surface area contributed by atoms with E-state index >= 15 is 0 Å². The van der Waals surface area contributed by atoms with Crippen LogP contribution in [0.25, 0.3) is 0 Å². The normalized spacial score (nSPS) is 11.3. The van der Waals surface area contributed by atoms with E-state index in [1.54, 1.807) is 109 Å². The molecule has 1 atom stereocenters. The van der Waals surface area contributed by atoms with Crippen LogP contribution in [0, 0.1) is 0 Å². The Bertz CT molecular complexity index is 2180. The van der Waals surface area contributed by atoms with Crippen molar-refractivity contribution in [1.82, 2.24) is 0 Å². The minimum absolute atomic E-state index is 0.0542. The third kappa shape index (κ3) is 10.1. The maximum absolute atomic E-state index is 12.9. The Morgan fingerprint density at radius 2 is 1.04 bits per heavy atom. The topological polar surface area (TPSA) is 162 Å². The summed E-state index contributed by atoms with van der Waals surface area (Å²) in [5.41, 5.74) is 5.74. The largest absolute Gasteiger partial charge is 0.478 e. The van der Waals surface area contributed by atoms with Gasteiger partial charge in [-0.3, -0.25) is 20.4 Å². The van der Waals surface area contributed by atoms with E-state index in [1.807, 2.05) is 24.3 Å². The van der Waals surface area contributed by atoms with Crippen LogP contribution in [-0.4, -0.2) is 26.4 Å². The number of anilines is 2. The average Bonchev–Trinajstić information content (AvgIpc) is 3.18. The van der Waals surface area contributed by atoms with Crippen LogP contribution >= 0.6 is 0 Å². The second-order valence-corrected chi connectivity index (χ2v) is 12.4. The molecule has 4 N–H and O–H groups in total. The van der Waals surface area contributed by atoms with Crippen molar-refractivity contribution in [3.63, 3.8) is 0 Å². The van der Waals surface area contributed by atoms with E-state index in [1.165, 1.54) is 12.1 Å². The van der Waals surface area contributed by atoms with Crippen molar-refractivity contribution in [3.05, 3.63) is 168 Å². The second-order valence-electron chi connectivity index (χ2n) is 11.3. The van der Waals surface area contributed by atoms with Crippen LogP contribution < -0.4 is 24.5 Å². The molecular formula is C40H32N2O10S. The molecule has 13 heteroatoms. The highest BCUT2D eigenvalue weighted by Crippen LogP contribution is 2.28. The van der Waals surface area contributed by atoms with Crippen LogP contribution in [0.5, 0.6) is 28.7 Å². The fourth-order valence-corrected chi connectivity index (χ4v) is 5.70. The van der Waals surface area contributed by atoms with Gasteiger partial charge in [-0.15, -0.1) is 0 Å². The fourth-order valence-electron chi connectivity index (χ4n) is 4.96. The number of carboxylic acids is 1. The van der Waals surface area contributed by atoms with Crippen LogP contribution in [0.2, 0.25) is 0 Å². The zero-order chi connectivity index (χ0) is 37.0. The van der Waals surface area contributed by atoms with Crippen LogP contribution in [-0.2, 0) is 34.0 Å². The molecule has 6 aromatic rings. The van der Waals surface area contributed by atoms with Gasteiger partial charge in [-0.2, -0.15) is 0 Å². The van der Waals surface area contributed by atoms with E-state index in [2.05, 4.69) is 15.7 Å². The van der Waals surface area contributed by atoms with Crippen molar-refractivity contribution in [2.24, 2.45) is 0 Å². The van der Waals surface area contributed by atoms with Crippen molar-refractivity contribution in [2.75, 3.05) is 10.8 Å². The molecule has 0 aliphatic rings. The van der Waals surface area contributed by atoms with E-state index in [-0.39, 0.29) is 24.3 Å². The number of hydrogen-bond acceptors (Lipinski definition) is 10. The predicted molar refractivity (Wildman–Crippen MR) is 197 cm³/mol. The summed E-state index contributed by atoms with van der Waals surface area (Å²) in [6.45, 7) is 0.345. The minimum atomic E-state index is -1.79. The van der Waals surface area contributed by atoms with Crippen molar-refractivity contribution in [3.8, 4) is 28.7 Å². The quantitative estimate of drug-likeness (QED) is 0.0556. The van der Waals surface area contributed by atoms with Gasteiger partial charge in [-0.25, -0.2) is 13.9 Å². The minimum Gasteiger partial charge on any atom is -0.478 e. The number of nitrogens with one attached hydrogen (secondary N) is 2. The van der Waals surface area contributed by atoms with Crippen LogP contribution in [0.4, 0.5) is 11.4 Å². The van der Waals surface area contributed by atoms with Crippen molar-refractivity contribution >= 4 is 34.3 Å². The maximum Gasteiger partial charge on any atom is 0.336 e. The van der Waals surface area contributed by atoms with Gasteiger partial charge >= 0.3 is 5.97 Å². The van der Waals surface area contributed by atoms with Gasteiger partial charge in [0.05, 0.1) is 28.3 Å². The van der Waals surface area contributed by atoms with Gasteiger partial charge in [0.25, 0.3) is 5.91 Å². The molecule has 0 aliphatic heterocycles. The number of ether oxygens (including phenoxy) is 2. The smallest absolute Gasteiger partial charge is 0.336 e. The van der Waals surface area contributed by atoms with Crippen LogP contribution in [0.15, 0.2) is 150 Å². The van der Waals surface area contributed by atoms with E-state index in [0.29, 0.717) is 39.3 Å². The number of hydrogen-bond donors (Lipinski definition) is 4. The molecule has 0 aromatic heterocycles. The lowest BCUT2D eigenvalue weighted by Gasteiger charge is -2.11. The number of carbonyl (C=O) groups is 2. The molecular weight excluding hydrogens is 701 g/mol. The fraction of sp³-hybridized carbons (Fsp3) is 0.0500. The summed E-state index contributed by atoms with van der Waals surface area (Å²) in [6.07, 6.45) is 0. The molecule has 0 heterocycles. The third-order valence-corrected chi connectivity index (χ3v) is 8.61. The van der Waals surface area contributed by atoms with Crippen molar-refractivity contribution < 1.29 is 47.5 Å². The molecule has 53 heavy (non-hydrogen) atoms. The first-order chi connectivity index (χ1) is 25.8. The molecule has 1 amide bonds. The van der Waals surface area contributed by atoms with Gasteiger partial charge < -0.3 is 24.1 Å². The van der Waals surface area contributed by atoms with Gasteiger partial charge in [0.15, 0.2) is 0 Å². The SMILES string of the molecule is O=C(O)c1ccccc1C(=O)Nc1ccc(Oc2ccc(S(=O)Oc3ccc(Oc4ccc(NOCc5ccccc5COO)cc4)cc3)cc2)cc1. The van der Waals surface area contributed by atoms with Gasteiger partial charge in [0.2, 0.25) is 11.1 Å². The number of benzene rings is 6. The summed E-state index contributed by atoms with van der Waals surface area (Å²) < 4.78 is 30.3. The molecule has 6 rings (SSSR count). The first-order valence-electron chi connectivity index (χ1n) is 16.1. The lowest BCUT2D eigenvalue weighted by atomic mass is 10.1. The van der Waals surface area contributed by atoms with Gasteiger partial charge in [0.1, 0.15) is 35.4 Å². The predicted octanol–water partition coefficient (Wildman–Crippen LogP) is 8.86. The summed E-state index contributed by atoms with van der Waals surface area (Å²) in [7, 11) is 0. The van der Waals surface area contributed by atoms with Crippen molar-refractivity contribution in [2.45, 2.75) is 18.1 Å². The Hall–Kier alpha value is -6.51. The zero-order valence-corrected chi connectivity index (χ0v) is 28.7. The number of rotatable bonds is 16. The Kier molecular flexibility index (Phi) is 12.1. The molecule has 0 radical (unpaired) electrons. The maximum atomic E-state index is 12.9. The van der Waals surface area contributed by atoms with E-state index in [9.17, 15) is 18.9 Å². The van der Waals surface area contributed by atoms with Crippen LogP contribution in [0.3, 0.4) is 0 Å². The highest BCUT2D eigenvalue weighted by molar-refractivity contribution is 7.80. The first kappa shape index (κ1) is 36.3. The molecule has 12 nitrogen and oxygen atoms in total. The summed E-state index contributed by atoms with van der Waals surface area (Å²) in [4.78, 5) is 34.3. The first-order valence-corrected chi connectivity index (χ1v) is 17.1. The van der Waals surface area contributed by atoms with Crippen molar-refractivity contribution in [1.29, 1.82) is 0 Å². The lowest BCUT2D eigenvalue weighted by Crippen LogP contribution is -2.16. The molecule has 1 unspecified atom stereocenters. The molecule has 0 bridgehead atoms. The van der Waals surface area contributed by atoms with E-state index in [0.717, 1.165) is 16.8 Å². The Morgan fingerprint density at radius 1 is 0.566 bits per heavy atom. The average molecular weight is 733 g/mol. The highest BCUT2D eigenvalue weighted by Gasteiger charge is 2.16. The second kappa shape index (κ2) is 17.6. The van der Waals surface area contributed by atoms with Gasteiger partial charge in [-0.05, 0) is 120 Å². The highest BCUT2D eigenvalue weighted by atomic mass is 32.2. The number of amides is 1. The molecule has 0 aliphatic carbocycles. The standard InChI is InChI=1S/C40H32N2O10S/c43-39(37-7-3-4-8-38(37)40(44)45)41-29-9-13-31(14-10-29)51-34-21-23-36(24-22-34)53(47)52-35-19-17-33(18-20-35)50-32-15-11-30(12-16-32)42-48-25-27-5-1-2-6-28(27)26-49-46/h1-24,42,46H,25-26H2,(H,41,43)(H,44,45). The summed E-state index contributed by atoms with van der Waals surface area (Å²) in [5.74, 6) is 0.802. The summed E-state index contributed by atoms with van der Waals surface area (Å²) in [5, 5.41) is 20.8. The van der Waals surface area contributed by atoms with E-state index < -0.39 is 23.0 Å². The summed E-state index contributed by atoms with van der Waals surface area (Å²) >= 11 is -1.79. The number of carboxylic acid groups (broad SMARTS) is 1. The van der Waals surface area contributed by atoms with Gasteiger partial charge in [-0.1, -0.05) is 36.4 Å². The molecule has 0 saturated heterocycles. The Morgan fingerprint density at radius 3 is 1.60 bits per heavy atom. The third-order valence-electron chi connectivity index (χ3n) is 7.61. The molecule has 6 aromatic carbocycles. The zero-order valence-electron chi connectivity index (χ0n) is 27.8. The summed E-state index contributed by atoms with van der Waals surface area (Å²) in [6, 6.07) is 40.5. The Labute approximate surface area is 306 Å². The molecule has 268 valence electrons. The molecule has 0 spiro atoms.